The Balaban J connectivity index is 2.01. The van der Waals surface area contributed by atoms with Crippen LogP contribution in [0, 0.1) is 13.8 Å². The number of benzene rings is 2. The van der Waals surface area contributed by atoms with E-state index < -0.39 is 0 Å². The number of hydrogen-bond acceptors (Lipinski definition) is 2. The molecule has 2 rings (SSSR count). The topological polar surface area (TPSA) is 58.2 Å². The molecule has 0 unspecified atom stereocenters. The normalized spacial score (nSPS) is 10.1. The van der Waals surface area contributed by atoms with Crippen molar-refractivity contribution in [2.24, 2.45) is 0 Å². The van der Waals surface area contributed by atoms with Crippen LogP contribution in [-0.2, 0) is 16.0 Å². The average molecular weight is 296 g/mol. The lowest BCUT2D eigenvalue weighted by Gasteiger charge is -2.10. The van der Waals surface area contributed by atoms with E-state index in [1.165, 1.54) is 12.5 Å². The number of rotatable bonds is 4. The molecule has 0 aliphatic rings. The van der Waals surface area contributed by atoms with Gasteiger partial charge in [-0.15, -0.1) is 0 Å². The lowest BCUT2D eigenvalue weighted by atomic mass is 10.1. The van der Waals surface area contributed by atoms with E-state index in [9.17, 15) is 9.59 Å². The fourth-order valence-corrected chi connectivity index (χ4v) is 2.17. The second kappa shape index (κ2) is 6.89. The summed E-state index contributed by atoms with van der Waals surface area (Å²) in [5, 5.41) is 5.62. The van der Waals surface area contributed by atoms with Gasteiger partial charge in [-0.2, -0.15) is 0 Å². The predicted octanol–water partition coefficient (Wildman–Crippen LogP) is 3.44. The summed E-state index contributed by atoms with van der Waals surface area (Å²) in [4.78, 5) is 23.1. The van der Waals surface area contributed by atoms with Gasteiger partial charge < -0.3 is 10.6 Å². The van der Waals surface area contributed by atoms with E-state index in [1.54, 1.807) is 12.1 Å². The number of hydrogen-bond donors (Lipinski definition) is 2. The minimum absolute atomic E-state index is 0.0597. The molecule has 0 aliphatic heterocycles. The zero-order chi connectivity index (χ0) is 16.1. The summed E-state index contributed by atoms with van der Waals surface area (Å²) < 4.78 is 0. The number of carbonyl (C=O) groups is 2. The van der Waals surface area contributed by atoms with Crippen LogP contribution in [0.1, 0.15) is 23.6 Å². The summed E-state index contributed by atoms with van der Waals surface area (Å²) >= 11 is 0. The zero-order valence-corrected chi connectivity index (χ0v) is 13.1. The van der Waals surface area contributed by atoms with E-state index in [0.29, 0.717) is 6.42 Å². The Labute approximate surface area is 130 Å². The van der Waals surface area contributed by atoms with Crippen LogP contribution in [0.25, 0.3) is 0 Å². The third kappa shape index (κ3) is 4.45. The predicted molar refractivity (Wildman–Crippen MR) is 89.0 cm³/mol. The Bertz CT molecular complexity index is 691. The maximum absolute atomic E-state index is 12.1. The van der Waals surface area contributed by atoms with Crippen molar-refractivity contribution in [1.82, 2.24) is 0 Å². The highest BCUT2D eigenvalue weighted by Crippen LogP contribution is 2.20. The van der Waals surface area contributed by atoms with Gasteiger partial charge in [0.1, 0.15) is 0 Å². The zero-order valence-electron chi connectivity index (χ0n) is 13.1. The van der Waals surface area contributed by atoms with Crippen LogP contribution in [0.15, 0.2) is 42.5 Å². The van der Waals surface area contributed by atoms with Crippen molar-refractivity contribution in [2.75, 3.05) is 10.6 Å². The number of nitrogens with one attached hydrogen (secondary N) is 2. The van der Waals surface area contributed by atoms with Gasteiger partial charge in [-0.1, -0.05) is 29.8 Å². The molecule has 0 saturated carbocycles. The highest BCUT2D eigenvalue weighted by Gasteiger charge is 2.06. The first-order chi connectivity index (χ1) is 10.4. The highest BCUT2D eigenvalue weighted by molar-refractivity contribution is 5.93. The molecule has 0 fully saturated rings. The van der Waals surface area contributed by atoms with Gasteiger partial charge in [0, 0.05) is 18.3 Å². The lowest BCUT2D eigenvalue weighted by Crippen LogP contribution is -2.15. The molecule has 2 N–H and O–H groups in total. The van der Waals surface area contributed by atoms with E-state index in [0.717, 1.165) is 22.5 Å². The van der Waals surface area contributed by atoms with Crippen molar-refractivity contribution in [3.8, 4) is 0 Å². The van der Waals surface area contributed by atoms with Crippen molar-refractivity contribution >= 4 is 23.2 Å². The second-order valence-corrected chi connectivity index (χ2v) is 5.42. The Morgan fingerprint density at radius 1 is 0.955 bits per heavy atom. The van der Waals surface area contributed by atoms with Crippen LogP contribution >= 0.6 is 0 Å². The standard InChI is InChI=1S/C18H20N2O2/c1-12-4-6-15(7-5-12)11-18(22)20-16-8-9-17(13(2)10-16)19-14(3)21/h4-10H,11H2,1-3H3,(H,19,21)(H,20,22). The SMILES string of the molecule is CC(=O)Nc1ccc(NC(=O)Cc2ccc(C)cc2)cc1C. The largest absolute Gasteiger partial charge is 0.326 e. The number of amides is 2. The molecule has 2 amide bonds. The molecule has 2 aromatic carbocycles. The third-order valence-corrected chi connectivity index (χ3v) is 3.31. The maximum Gasteiger partial charge on any atom is 0.228 e. The summed E-state index contributed by atoms with van der Waals surface area (Å²) in [6, 6.07) is 13.3. The minimum Gasteiger partial charge on any atom is -0.326 e. The Morgan fingerprint density at radius 2 is 1.64 bits per heavy atom. The highest BCUT2D eigenvalue weighted by atomic mass is 16.2. The smallest absolute Gasteiger partial charge is 0.228 e. The maximum atomic E-state index is 12.1. The van der Waals surface area contributed by atoms with Gasteiger partial charge in [0.25, 0.3) is 0 Å². The first-order valence-electron chi connectivity index (χ1n) is 7.17. The van der Waals surface area contributed by atoms with Crippen molar-refractivity contribution < 1.29 is 9.59 Å². The molecule has 0 spiro atoms. The summed E-state index contributed by atoms with van der Waals surface area (Å²) in [6.45, 7) is 5.38. The van der Waals surface area contributed by atoms with Crippen molar-refractivity contribution in [1.29, 1.82) is 0 Å². The second-order valence-electron chi connectivity index (χ2n) is 5.42. The molecule has 0 saturated heterocycles. The van der Waals surface area contributed by atoms with Gasteiger partial charge in [-0.3, -0.25) is 9.59 Å². The van der Waals surface area contributed by atoms with E-state index in [4.69, 9.17) is 0 Å². The molecule has 114 valence electrons. The summed E-state index contributed by atoms with van der Waals surface area (Å²) in [5.41, 5.74) is 4.54. The van der Waals surface area contributed by atoms with Crippen LogP contribution in [0.3, 0.4) is 0 Å². The molecule has 0 bridgehead atoms. The van der Waals surface area contributed by atoms with Crippen molar-refractivity contribution in [2.45, 2.75) is 27.2 Å². The van der Waals surface area contributed by atoms with Crippen LogP contribution in [0.2, 0.25) is 0 Å². The van der Waals surface area contributed by atoms with Gasteiger partial charge in [-0.05, 0) is 43.2 Å². The first kappa shape index (κ1) is 15.8. The average Bonchev–Trinajstić information content (AvgIpc) is 2.44. The molecule has 0 heterocycles. The molecule has 4 nitrogen and oxygen atoms in total. The Hall–Kier alpha value is -2.62. The van der Waals surface area contributed by atoms with E-state index in [1.807, 2.05) is 44.2 Å². The van der Waals surface area contributed by atoms with Crippen LogP contribution in [0.4, 0.5) is 11.4 Å². The summed E-state index contributed by atoms with van der Waals surface area (Å²) in [5.74, 6) is -0.171. The van der Waals surface area contributed by atoms with Gasteiger partial charge in [0.05, 0.1) is 6.42 Å². The van der Waals surface area contributed by atoms with Gasteiger partial charge in [0.15, 0.2) is 0 Å². The number of anilines is 2. The van der Waals surface area contributed by atoms with Crippen LogP contribution < -0.4 is 10.6 Å². The van der Waals surface area contributed by atoms with Gasteiger partial charge in [0.2, 0.25) is 11.8 Å². The fraction of sp³-hybridized carbons (Fsp3) is 0.222. The minimum atomic E-state index is -0.112. The van der Waals surface area contributed by atoms with E-state index in [2.05, 4.69) is 10.6 Å². The summed E-state index contributed by atoms with van der Waals surface area (Å²) in [6.07, 6.45) is 0.340. The molecule has 4 heteroatoms. The van der Waals surface area contributed by atoms with Crippen LogP contribution in [-0.4, -0.2) is 11.8 Å². The molecular weight excluding hydrogens is 276 g/mol. The first-order valence-corrected chi connectivity index (χ1v) is 7.17. The molecule has 0 radical (unpaired) electrons. The molecule has 2 aromatic rings. The van der Waals surface area contributed by atoms with Crippen LogP contribution in [0.5, 0.6) is 0 Å². The third-order valence-electron chi connectivity index (χ3n) is 3.31. The lowest BCUT2D eigenvalue weighted by molar-refractivity contribution is -0.116. The summed E-state index contributed by atoms with van der Waals surface area (Å²) in [7, 11) is 0. The Kier molecular flexibility index (Phi) is 4.94. The van der Waals surface area contributed by atoms with Gasteiger partial charge >= 0.3 is 0 Å². The van der Waals surface area contributed by atoms with Crippen molar-refractivity contribution in [3.63, 3.8) is 0 Å². The van der Waals surface area contributed by atoms with Crippen molar-refractivity contribution in [3.05, 3.63) is 59.2 Å². The van der Waals surface area contributed by atoms with E-state index in [-0.39, 0.29) is 11.8 Å². The van der Waals surface area contributed by atoms with E-state index >= 15 is 0 Å². The molecule has 22 heavy (non-hydrogen) atoms. The molecule has 0 aromatic heterocycles. The monoisotopic (exact) mass is 296 g/mol. The Morgan fingerprint density at radius 3 is 2.23 bits per heavy atom. The molecular formula is C18H20N2O2. The number of carbonyl (C=O) groups excluding carboxylic acids is 2. The van der Waals surface area contributed by atoms with Gasteiger partial charge in [-0.25, -0.2) is 0 Å². The molecule has 0 atom stereocenters. The quantitative estimate of drug-likeness (QED) is 0.908. The number of aryl methyl sites for hydroxylation is 2. The fourth-order valence-electron chi connectivity index (χ4n) is 2.17. The molecule has 0 aliphatic carbocycles.